The Bertz CT molecular complexity index is 1120. The number of imidazole rings is 1. The number of aryl methyl sites for hydroxylation is 2. The predicted molar refractivity (Wildman–Crippen MR) is 114 cm³/mol. The number of anilines is 1. The van der Waals surface area contributed by atoms with Crippen molar-refractivity contribution in [3.05, 3.63) is 78.2 Å². The molecule has 0 saturated carbocycles. The van der Waals surface area contributed by atoms with E-state index in [4.69, 9.17) is 4.52 Å². The van der Waals surface area contributed by atoms with Gasteiger partial charge in [0.25, 0.3) is 0 Å². The molecular weight excluding hydrogens is 384 g/mol. The van der Waals surface area contributed by atoms with Crippen molar-refractivity contribution in [2.75, 3.05) is 11.1 Å². The van der Waals surface area contributed by atoms with Gasteiger partial charge in [0, 0.05) is 17.3 Å². The van der Waals surface area contributed by atoms with Crippen LogP contribution in [0.1, 0.15) is 11.3 Å². The van der Waals surface area contributed by atoms with Crippen molar-refractivity contribution in [3.63, 3.8) is 0 Å². The molecule has 0 fully saturated rings. The van der Waals surface area contributed by atoms with Gasteiger partial charge in [-0.2, -0.15) is 0 Å². The Morgan fingerprint density at radius 3 is 2.55 bits per heavy atom. The van der Waals surface area contributed by atoms with E-state index in [1.807, 2.05) is 24.4 Å². The van der Waals surface area contributed by atoms with E-state index < -0.39 is 0 Å². The fraction of sp³-hybridized carbons (Fsp3) is 0.136. The molecule has 2 aromatic carbocycles. The van der Waals surface area contributed by atoms with Gasteiger partial charge in [-0.05, 0) is 26.0 Å². The van der Waals surface area contributed by atoms with Gasteiger partial charge in [-0.1, -0.05) is 64.9 Å². The molecule has 6 nitrogen and oxygen atoms in total. The number of aromatic nitrogens is 3. The maximum Gasteiger partial charge on any atom is 0.236 e. The second-order valence-electron chi connectivity index (χ2n) is 6.62. The Kier molecular flexibility index (Phi) is 5.48. The van der Waals surface area contributed by atoms with E-state index in [1.165, 1.54) is 17.3 Å². The van der Waals surface area contributed by atoms with Gasteiger partial charge >= 0.3 is 0 Å². The van der Waals surface area contributed by atoms with Crippen molar-refractivity contribution in [3.8, 4) is 16.9 Å². The highest BCUT2D eigenvalue weighted by Gasteiger charge is 2.16. The van der Waals surface area contributed by atoms with E-state index in [1.54, 1.807) is 13.0 Å². The third-order valence-electron chi connectivity index (χ3n) is 4.32. The molecule has 0 aliphatic heterocycles. The van der Waals surface area contributed by atoms with E-state index >= 15 is 0 Å². The van der Waals surface area contributed by atoms with Crippen LogP contribution in [0.3, 0.4) is 0 Å². The zero-order valence-electron chi connectivity index (χ0n) is 16.1. The summed E-state index contributed by atoms with van der Waals surface area (Å²) < 4.78 is 7.06. The van der Waals surface area contributed by atoms with Gasteiger partial charge < -0.3 is 9.84 Å². The first kappa shape index (κ1) is 19.0. The summed E-state index contributed by atoms with van der Waals surface area (Å²) in [5, 5.41) is 7.28. The maximum atomic E-state index is 12.3. The Hall–Kier alpha value is -3.32. The van der Waals surface area contributed by atoms with Gasteiger partial charge in [-0.25, -0.2) is 4.98 Å². The molecule has 2 heterocycles. The fourth-order valence-corrected chi connectivity index (χ4v) is 3.72. The van der Waals surface area contributed by atoms with Crippen LogP contribution in [0, 0.1) is 13.8 Å². The average Bonchev–Trinajstić information content (AvgIpc) is 3.34. The Labute approximate surface area is 173 Å². The molecule has 0 bridgehead atoms. The molecular formula is C22H20N4O2S. The normalized spacial score (nSPS) is 10.8. The van der Waals surface area contributed by atoms with Crippen LogP contribution in [0.25, 0.3) is 16.9 Å². The molecule has 0 saturated heterocycles. The molecule has 1 N–H and O–H groups in total. The Morgan fingerprint density at radius 1 is 1.10 bits per heavy atom. The van der Waals surface area contributed by atoms with E-state index in [-0.39, 0.29) is 11.7 Å². The molecule has 0 unspecified atom stereocenters. The maximum absolute atomic E-state index is 12.3. The van der Waals surface area contributed by atoms with Crippen LogP contribution in [-0.4, -0.2) is 26.4 Å². The van der Waals surface area contributed by atoms with Gasteiger partial charge in [-0.15, -0.1) is 0 Å². The number of nitrogens with one attached hydrogen (secondary N) is 1. The highest BCUT2D eigenvalue weighted by molar-refractivity contribution is 7.99. The molecule has 7 heteroatoms. The smallest absolute Gasteiger partial charge is 0.236 e. The standard InChI is InChI=1S/C22H20N4O2S/c1-15-8-10-18(11-9-15)26-19(17-6-4-3-5-7-17)13-23-22(26)29-14-21(27)24-20-12-16(2)28-25-20/h3-13H,14H2,1-2H3,(H,24,25,27). The number of benzene rings is 2. The molecule has 0 aliphatic carbocycles. The second-order valence-corrected chi connectivity index (χ2v) is 7.57. The summed E-state index contributed by atoms with van der Waals surface area (Å²) in [7, 11) is 0. The van der Waals surface area contributed by atoms with Crippen LogP contribution in [0.4, 0.5) is 5.82 Å². The molecule has 0 aliphatic rings. The van der Waals surface area contributed by atoms with Gasteiger partial charge in [0.05, 0.1) is 17.6 Å². The summed E-state index contributed by atoms with van der Waals surface area (Å²) in [5.41, 5.74) is 4.23. The Morgan fingerprint density at radius 2 is 1.86 bits per heavy atom. The van der Waals surface area contributed by atoms with Crippen molar-refractivity contribution < 1.29 is 9.32 Å². The number of carbonyl (C=O) groups is 1. The second kappa shape index (κ2) is 8.36. The Balaban J connectivity index is 1.60. The third-order valence-corrected chi connectivity index (χ3v) is 5.27. The average molecular weight is 404 g/mol. The molecule has 29 heavy (non-hydrogen) atoms. The number of hydrogen-bond donors (Lipinski definition) is 1. The monoisotopic (exact) mass is 404 g/mol. The largest absolute Gasteiger partial charge is 0.360 e. The predicted octanol–water partition coefficient (Wildman–Crippen LogP) is 4.87. The van der Waals surface area contributed by atoms with Crippen LogP contribution >= 0.6 is 11.8 Å². The summed E-state index contributed by atoms with van der Waals surface area (Å²) >= 11 is 1.38. The zero-order chi connectivity index (χ0) is 20.2. The molecule has 0 spiro atoms. The third kappa shape index (κ3) is 4.41. The topological polar surface area (TPSA) is 73.0 Å². The van der Waals surface area contributed by atoms with E-state index in [0.29, 0.717) is 11.6 Å². The lowest BCUT2D eigenvalue weighted by atomic mass is 10.1. The lowest BCUT2D eigenvalue weighted by molar-refractivity contribution is -0.113. The molecule has 0 atom stereocenters. The van der Waals surface area contributed by atoms with Crippen molar-refractivity contribution >= 4 is 23.5 Å². The molecule has 4 aromatic rings. The molecule has 2 aromatic heterocycles. The minimum Gasteiger partial charge on any atom is -0.360 e. The van der Waals surface area contributed by atoms with Crippen molar-refractivity contribution in [1.29, 1.82) is 0 Å². The van der Waals surface area contributed by atoms with Gasteiger partial charge in [-0.3, -0.25) is 9.36 Å². The summed E-state index contributed by atoms with van der Waals surface area (Å²) in [4.78, 5) is 16.9. The van der Waals surface area contributed by atoms with Gasteiger partial charge in [0.1, 0.15) is 5.76 Å². The van der Waals surface area contributed by atoms with Crippen LogP contribution in [0.5, 0.6) is 0 Å². The first-order valence-electron chi connectivity index (χ1n) is 9.16. The SMILES string of the molecule is Cc1ccc(-n2c(-c3ccccc3)cnc2SCC(=O)Nc2cc(C)on2)cc1. The summed E-state index contributed by atoms with van der Waals surface area (Å²) in [6, 6.07) is 20.0. The van der Waals surface area contributed by atoms with Crippen molar-refractivity contribution in [2.45, 2.75) is 19.0 Å². The van der Waals surface area contributed by atoms with E-state index in [2.05, 4.69) is 63.3 Å². The molecule has 0 radical (unpaired) electrons. The fourth-order valence-electron chi connectivity index (χ4n) is 2.93. The first-order chi connectivity index (χ1) is 14.1. The number of carbonyl (C=O) groups excluding carboxylic acids is 1. The number of nitrogens with zero attached hydrogens (tertiary/aromatic N) is 3. The van der Waals surface area contributed by atoms with Gasteiger partial charge in [0.2, 0.25) is 5.91 Å². The van der Waals surface area contributed by atoms with Crippen LogP contribution in [-0.2, 0) is 4.79 Å². The number of rotatable bonds is 6. The summed E-state index contributed by atoms with van der Waals surface area (Å²) in [6.45, 7) is 3.84. The number of thioether (sulfide) groups is 1. The number of amides is 1. The van der Waals surface area contributed by atoms with E-state index in [9.17, 15) is 4.79 Å². The summed E-state index contributed by atoms with van der Waals surface area (Å²) in [6.07, 6.45) is 1.84. The van der Waals surface area contributed by atoms with Crippen molar-refractivity contribution in [2.24, 2.45) is 0 Å². The lowest BCUT2D eigenvalue weighted by Gasteiger charge is -2.12. The molecule has 146 valence electrons. The number of hydrogen-bond acceptors (Lipinski definition) is 5. The van der Waals surface area contributed by atoms with Crippen LogP contribution in [0.15, 0.2) is 76.5 Å². The highest BCUT2D eigenvalue weighted by atomic mass is 32.2. The zero-order valence-corrected chi connectivity index (χ0v) is 16.9. The van der Waals surface area contributed by atoms with Crippen LogP contribution < -0.4 is 5.32 Å². The van der Waals surface area contributed by atoms with E-state index in [0.717, 1.165) is 22.1 Å². The van der Waals surface area contributed by atoms with Crippen molar-refractivity contribution in [1.82, 2.24) is 14.7 Å². The lowest BCUT2D eigenvalue weighted by Crippen LogP contribution is -2.14. The van der Waals surface area contributed by atoms with Crippen LogP contribution in [0.2, 0.25) is 0 Å². The summed E-state index contributed by atoms with van der Waals surface area (Å²) in [5.74, 6) is 1.11. The quantitative estimate of drug-likeness (QED) is 0.464. The highest BCUT2D eigenvalue weighted by Crippen LogP contribution is 2.30. The minimum atomic E-state index is -0.164. The molecule has 4 rings (SSSR count). The minimum absolute atomic E-state index is 0.164. The first-order valence-corrected chi connectivity index (χ1v) is 10.1. The van der Waals surface area contributed by atoms with Gasteiger partial charge in [0.15, 0.2) is 11.0 Å². The molecule has 1 amide bonds.